The third kappa shape index (κ3) is 4.64. The molecule has 0 saturated heterocycles. The molecule has 6 heteroatoms. The van der Waals surface area contributed by atoms with Crippen LogP contribution in [0.3, 0.4) is 0 Å². The van der Waals surface area contributed by atoms with E-state index in [4.69, 9.17) is 0 Å². The number of nitrogens with one attached hydrogen (secondary N) is 1. The van der Waals surface area contributed by atoms with E-state index in [-0.39, 0.29) is 5.91 Å². The number of hydrogen-bond acceptors (Lipinski definition) is 3. The molecule has 1 N–H and O–H groups in total. The Balaban J connectivity index is 2.32. The number of aryl methyl sites for hydroxylation is 3. The van der Waals surface area contributed by atoms with Crippen molar-refractivity contribution in [3.8, 4) is 0 Å². The van der Waals surface area contributed by atoms with Crippen molar-refractivity contribution < 1.29 is 13.2 Å². The molecule has 0 unspecified atom stereocenters. The van der Waals surface area contributed by atoms with Gasteiger partial charge >= 0.3 is 0 Å². The molecule has 0 aliphatic rings. The fraction of sp³-hybridized carbons (Fsp3) is 0.350. The first-order chi connectivity index (χ1) is 12.1. The van der Waals surface area contributed by atoms with Gasteiger partial charge in [-0.05, 0) is 62.1 Å². The van der Waals surface area contributed by atoms with Gasteiger partial charge in [-0.1, -0.05) is 31.2 Å². The number of carbonyl (C=O) groups is 1. The standard InChI is InChI=1S/C20H26N2O3S/c1-6-17-9-11-18(12-10-17)21-20(23)16(4)22(26(5,24)25)19-13-14(2)7-8-15(19)3/h7-13,16H,6H2,1-5H3,(H,21,23)/t16-/m1/s1. The van der Waals surface area contributed by atoms with Crippen molar-refractivity contribution in [2.24, 2.45) is 0 Å². The van der Waals surface area contributed by atoms with Crippen LogP contribution in [0.25, 0.3) is 0 Å². The Labute approximate surface area is 156 Å². The zero-order valence-corrected chi connectivity index (χ0v) is 16.7. The normalized spacial score (nSPS) is 12.5. The molecule has 2 aromatic rings. The van der Waals surface area contributed by atoms with Gasteiger partial charge in [-0.15, -0.1) is 0 Å². The van der Waals surface area contributed by atoms with Crippen molar-refractivity contribution in [3.05, 3.63) is 59.2 Å². The van der Waals surface area contributed by atoms with Gasteiger partial charge in [-0.2, -0.15) is 0 Å². The molecule has 0 aliphatic heterocycles. The van der Waals surface area contributed by atoms with Gasteiger partial charge in [0.1, 0.15) is 6.04 Å². The lowest BCUT2D eigenvalue weighted by Gasteiger charge is -2.29. The van der Waals surface area contributed by atoms with E-state index >= 15 is 0 Å². The fourth-order valence-corrected chi connectivity index (χ4v) is 4.03. The molecule has 0 aliphatic carbocycles. The van der Waals surface area contributed by atoms with Crippen LogP contribution in [0.1, 0.15) is 30.5 Å². The monoisotopic (exact) mass is 374 g/mol. The minimum absolute atomic E-state index is 0.374. The summed E-state index contributed by atoms with van der Waals surface area (Å²) in [5.74, 6) is -0.374. The van der Waals surface area contributed by atoms with Crippen LogP contribution in [0.15, 0.2) is 42.5 Å². The van der Waals surface area contributed by atoms with Gasteiger partial charge in [0.2, 0.25) is 15.9 Å². The van der Waals surface area contributed by atoms with Gasteiger partial charge in [0, 0.05) is 5.69 Å². The van der Waals surface area contributed by atoms with Crippen LogP contribution in [-0.4, -0.2) is 26.6 Å². The summed E-state index contributed by atoms with van der Waals surface area (Å²) >= 11 is 0. The van der Waals surface area contributed by atoms with Gasteiger partial charge in [0.05, 0.1) is 11.9 Å². The molecule has 0 heterocycles. The molecule has 0 spiro atoms. The zero-order valence-electron chi connectivity index (χ0n) is 15.9. The summed E-state index contributed by atoms with van der Waals surface area (Å²) in [7, 11) is -3.63. The number of anilines is 2. The summed E-state index contributed by atoms with van der Waals surface area (Å²) in [4.78, 5) is 12.7. The van der Waals surface area contributed by atoms with E-state index in [1.54, 1.807) is 13.0 Å². The second-order valence-electron chi connectivity index (χ2n) is 6.56. The Morgan fingerprint density at radius 3 is 2.27 bits per heavy atom. The Bertz CT molecular complexity index is 890. The molecule has 2 aromatic carbocycles. The Kier molecular flexibility index (Phi) is 6.08. The summed E-state index contributed by atoms with van der Waals surface area (Å²) in [6, 6.07) is 12.2. The smallest absolute Gasteiger partial charge is 0.247 e. The number of benzene rings is 2. The van der Waals surface area contributed by atoms with E-state index in [0.29, 0.717) is 11.4 Å². The molecule has 1 atom stereocenters. The second-order valence-corrected chi connectivity index (χ2v) is 8.42. The molecular formula is C20H26N2O3S. The molecule has 5 nitrogen and oxygen atoms in total. The van der Waals surface area contributed by atoms with Crippen molar-refractivity contribution in [1.29, 1.82) is 0 Å². The Morgan fingerprint density at radius 1 is 1.12 bits per heavy atom. The highest BCUT2D eigenvalue weighted by atomic mass is 32.2. The molecule has 140 valence electrons. The molecule has 0 fully saturated rings. The van der Waals surface area contributed by atoms with Crippen LogP contribution in [0.2, 0.25) is 0 Å². The minimum Gasteiger partial charge on any atom is -0.324 e. The number of amides is 1. The van der Waals surface area contributed by atoms with E-state index in [1.165, 1.54) is 9.87 Å². The summed E-state index contributed by atoms with van der Waals surface area (Å²) in [6.45, 7) is 7.38. The Hall–Kier alpha value is -2.34. The van der Waals surface area contributed by atoms with Gasteiger partial charge in [0.15, 0.2) is 0 Å². The first-order valence-electron chi connectivity index (χ1n) is 8.60. The molecular weight excluding hydrogens is 348 g/mol. The zero-order chi connectivity index (χ0) is 19.5. The lowest BCUT2D eigenvalue weighted by atomic mass is 10.1. The summed E-state index contributed by atoms with van der Waals surface area (Å²) in [6.07, 6.45) is 2.04. The topological polar surface area (TPSA) is 66.5 Å². The van der Waals surface area contributed by atoms with E-state index in [0.717, 1.165) is 23.8 Å². The predicted octanol–water partition coefficient (Wildman–Crippen LogP) is 3.66. The van der Waals surface area contributed by atoms with Gasteiger partial charge in [-0.3, -0.25) is 9.10 Å². The third-order valence-electron chi connectivity index (χ3n) is 4.32. The lowest BCUT2D eigenvalue weighted by molar-refractivity contribution is -0.116. The van der Waals surface area contributed by atoms with E-state index in [2.05, 4.69) is 12.2 Å². The van der Waals surface area contributed by atoms with Gasteiger partial charge < -0.3 is 5.32 Å². The van der Waals surface area contributed by atoms with Crippen LogP contribution >= 0.6 is 0 Å². The number of nitrogens with zero attached hydrogens (tertiary/aromatic N) is 1. The van der Waals surface area contributed by atoms with Crippen LogP contribution in [0.4, 0.5) is 11.4 Å². The average Bonchev–Trinajstić information content (AvgIpc) is 2.57. The minimum atomic E-state index is -3.63. The first kappa shape index (κ1) is 20.0. The van der Waals surface area contributed by atoms with E-state index in [1.807, 2.05) is 50.2 Å². The highest BCUT2D eigenvalue weighted by Crippen LogP contribution is 2.26. The van der Waals surface area contributed by atoms with Gasteiger partial charge in [-0.25, -0.2) is 8.42 Å². The largest absolute Gasteiger partial charge is 0.324 e. The van der Waals surface area contributed by atoms with Crippen molar-refractivity contribution in [1.82, 2.24) is 0 Å². The number of hydrogen-bond donors (Lipinski definition) is 1. The summed E-state index contributed by atoms with van der Waals surface area (Å²) in [5, 5.41) is 2.80. The average molecular weight is 375 g/mol. The predicted molar refractivity (Wildman–Crippen MR) is 107 cm³/mol. The molecule has 0 radical (unpaired) electrons. The fourth-order valence-electron chi connectivity index (χ4n) is 2.81. The number of carbonyl (C=O) groups excluding carboxylic acids is 1. The summed E-state index contributed by atoms with van der Waals surface area (Å²) < 4.78 is 26.0. The van der Waals surface area contributed by atoms with E-state index < -0.39 is 16.1 Å². The van der Waals surface area contributed by atoms with E-state index in [9.17, 15) is 13.2 Å². The first-order valence-corrected chi connectivity index (χ1v) is 10.4. The third-order valence-corrected chi connectivity index (χ3v) is 5.55. The van der Waals surface area contributed by atoms with Crippen LogP contribution < -0.4 is 9.62 Å². The van der Waals surface area contributed by atoms with Crippen molar-refractivity contribution >= 4 is 27.3 Å². The number of sulfonamides is 1. The maximum atomic E-state index is 12.7. The highest BCUT2D eigenvalue weighted by Gasteiger charge is 2.30. The maximum absolute atomic E-state index is 12.7. The number of rotatable bonds is 6. The quantitative estimate of drug-likeness (QED) is 0.839. The molecule has 0 aromatic heterocycles. The molecule has 2 rings (SSSR count). The Morgan fingerprint density at radius 2 is 1.73 bits per heavy atom. The molecule has 26 heavy (non-hydrogen) atoms. The second kappa shape index (κ2) is 7.91. The highest BCUT2D eigenvalue weighted by molar-refractivity contribution is 7.92. The summed E-state index contributed by atoms with van der Waals surface area (Å²) in [5.41, 5.74) is 4.07. The molecule has 1 amide bonds. The van der Waals surface area contributed by atoms with Gasteiger partial charge in [0.25, 0.3) is 0 Å². The molecule has 0 bridgehead atoms. The molecule has 0 saturated carbocycles. The van der Waals surface area contributed by atoms with Crippen molar-refractivity contribution in [2.75, 3.05) is 15.9 Å². The van der Waals surface area contributed by atoms with Crippen molar-refractivity contribution in [3.63, 3.8) is 0 Å². The van der Waals surface area contributed by atoms with Crippen molar-refractivity contribution in [2.45, 2.75) is 40.2 Å². The lowest BCUT2D eigenvalue weighted by Crippen LogP contribution is -2.45. The van der Waals surface area contributed by atoms with Crippen LogP contribution in [0, 0.1) is 13.8 Å². The van der Waals surface area contributed by atoms with Crippen LogP contribution in [-0.2, 0) is 21.2 Å². The maximum Gasteiger partial charge on any atom is 0.247 e. The van der Waals surface area contributed by atoms with Crippen LogP contribution in [0.5, 0.6) is 0 Å². The SMILES string of the molecule is CCc1ccc(NC(=O)[C@@H](C)N(c2cc(C)ccc2C)S(C)(=O)=O)cc1.